The average Bonchev–Trinajstić information content (AvgIpc) is 2.05. The molecule has 0 saturated heterocycles. The van der Waals surface area contributed by atoms with Gasteiger partial charge in [0.1, 0.15) is 0 Å². The molecule has 76 valence electrons. The van der Waals surface area contributed by atoms with Gasteiger partial charge in [-0.2, -0.15) is 0 Å². The molecule has 0 unspecified atom stereocenters. The summed E-state index contributed by atoms with van der Waals surface area (Å²) < 4.78 is 4.80. The van der Waals surface area contributed by atoms with Crippen LogP contribution in [0, 0.1) is 0 Å². The summed E-state index contributed by atoms with van der Waals surface area (Å²) in [6.45, 7) is 6.42. The third-order valence-corrected chi connectivity index (χ3v) is 1.83. The van der Waals surface area contributed by atoms with Crippen molar-refractivity contribution < 1.29 is 9.53 Å². The maximum absolute atomic E-state index is 11.0. The molecule has 0 spiro atoms. The highest BCUT2D eigenvalue weighted by atomic mass is 16.5. The molecule has 0 atom stereocenters. The smallest absolute Gasteiger partial charge is 0.330 e. The Bertz CT molecular complexity index is 171. The molecule has 0 aromatic carbocycles. The van der Waals surface area contributed by atoms with Crippen LogP contribution in [0.3, 0.4) is 0 Å². The van der Waals surface area contributed by atoms with Gasteiger partial charge in [0, 0.05) is 6.08 Å². The summed E-state index contributed by atoms with van der Waals surface area (Å²) in [6.07, 6.45) is 6.21. The van der Waals surface area contributed by atoms with Crippen LogP contribution in [-0.2, 0) is 9.53 Å². The predicted octanol–water partition coefficient (Wildman–Crippen LogP) is 3.08. The zero-order chi connectivity index (χ0) is 10.1. The van der Waals surface area contributed by atoms with Crippen molar-refractivity contribution in [1.29, 1.82) is 0 Å². The Balaban J connectivity index is 3.67. The van der Waals surface area contributed by atoms with E-state index in [-0.39, 0.29) is 5.97 Å². The van der Waals surface area contributed by atoms with E-state index < -0.39 is 0 Å². The van der Waals surface area contributed by atoms with Crippen LogP contribution in [0.4, 0.5) is 0 Å². The van der Waals surface area contributed by atoms with Crippen LogP contribution in [0.15, 0.2) is 11.6 Å². The van der Waals surface area contributed by atoms with E-state index in [1.165, 1.54) is 12.8 Å². The largest absolute Gasteiger partial charge is 0.463 e. The molecule has 0 aliphatic rings. The lowest BCUT2D eigenvalue weighted by molar-refractivity contribution is -0.137. The molecule has 0 radical (unpaired) electrons. The number of carbonyl (C=O) groups excluding carboxylic acids is 1. The lowest BCUT2D eigenvalue weighted by Gasteiger charge is -2.00. The van der Waals surface area contributed by atoms with Gasteiger partial charge in [-0.25, -0.2) is 4.79 Å². The summed E-state index contributed by atoms with van der Waals surface area (Å²) in [6, 6.07) is 0. The van der Waals surface area contributed by atoms with Crippen molar-refractivity contribution in [3.8, 4) is 0 Å². The van der Waals surface area contributed by atoms with Gasteiger partial charge < -0.3 is 4.74 Å². The van der Waals surface area contributed by atoms with Crippen molar-refractivity contribution in [2.24, 2.45) is 0 Å². The normalized spacial score (nSPS) is 11.5. The molecule has 2 heteroatoms. The van der Waals surface area contributed by atoms with Gasteiger partial charge in [-0.15, -0.1) is 0 Å². The highest BCUT2D eigenvalue weighted by molar-refractivity contribution is 5.82. The number of esters is 1. The summed E-state index contributed by atoms with van der Waals surface area (Å²) in [5.41, 5.74) is 1.12. The van der Waals surface area contributed by atoms with E-state index in [0.717, 1.165) is 18.4 Å². The monoisotopic (exact) mass is 184 g/mol. The minimum atomic E-state index is -0.212. The summed E-state index contributed by atoms with van der Waals surface area (Å²) in [5.74, 6) is -0.212. The standard InChI is InChI=1S/C11H20O2/c1-4-6-7-8-10(3)9-11(12)13-5-2/h9H,4-8H2,1-3H3/b10-9-. The van der Waals surface area contributed by atoms with Crippen molar-refractivity contribution in [3.05, 3.63) is 11.6 Å². The molecule has 0 rings (SSSR count). The van der Waals surface area contributed by atoms with Crippen LogP contribution in [0.2, 0.25) is 0 Å². The minimum absolute atomic E-state index is 0.212. The SMILES string of the molecule is CCCCC/C(C)=C\C(=O)OCC. The van der Waals surface area contributed by atoms with E-state index in [1.54, 1.807) is 6.08 Å². The molecule has 2 nitrogen and oxygen atoms in total. The Morgan fingerprint density at radius 2 is 2.00 bits per heavy atom. The van der Waals surface area contributed by atoms with Gasteiger partial charge in [0.15, 0.2) is 0 Å². The molecule has 0 aromatic heterocycles. The second kappa shape index (κ2) is 7.84. The van der Waals surface area contributed by atoms with Crippen molar-refractivity contribution in [2.45, 2.75) is 46.5 Å². The summed E-state index contributed by atoms with van der Waals surface area (Å²) >= 11 is 0. The molecule has 0 heterocycles. The van der Waals surface area contributed by atoms with Gasteiger partial charge in [0.2, 0.25) is 0 Å². The maximum atomic E-state index is 11.0. The zero-order valence-electron chi connectivity index (χ0n) is 8.93. The van der Waals surface area contributed by atoms with Crippen molar-refractivity contribution in [3.63, 3.8) is 0 Å². The number of carbonyl (C=O) groups is 1. The molecular weight excluding hydrogens is 164 g/mol. The first-order chi connectivity index (χ1) is 6.20. The minimum Gasteiger partial charge on any atom is -0.463 e. The average molecular weight is 184 g/mol. The molecule has 0 amide bonds. The third-order valence-electron chi connectivity index (χ3n) is 1.83. The Labute approximate surface area is 81.0 Å². The molecular formula is C11H20O2. The van der Waals surface area contributed by atoms with Crippen LogP contribution >= 0.6 is 0 Å². The Hall–Kier alpha value is -0.790. The van der Waals surface area contributed by atoms with Crippen molar-refractivity contribution in [1.82, 2.24) is 0 Å². The van der Waals surface area contributed by atoms with Gasteiger partial charge in [-0.05, 0) is 26.7 Å². The number of rotatable bonds is 6. The Morgan fingerprint density at radius 3 is 2.54 bits per heavy atom. The van der Waals surface area contributed by atoms with Crippen LogP contribution in [0.5, 0.6) is 0 Å². The maximum Gasteiger partial charge on any atom is 0.330 e. The fourth-order valence-electron chi connectivity index (χ4n) is 1.11. The van der Waals surface area contributed by atoms with Crippen LogP contribution in [-0.4, -0.2) is 12.6 Å². The molecule has 0 N–H and O–H groups in total. The van der Waals surface area contributed by atoms with E-state index in [1.807, 2.05) is 13.8 Å². The molecule has 0 aliphatic carbocycles. The first kappa shape index (κ1) is 12.2. The van der Waals surface area contributed by atoms with Crippen LogP contribution in [0.25, 0.3) is 0 Å². The van der Waals surface area contributed by atoms with Gasteiger partial charge in [-0.3, -0.25) is 0 Å². The van der Waals surface area contributed by atoms with Gasteiger partial charge in [0.05, 0.1) is 6.61 Å². The second-order valence-electron chi connectivity index (χ2n) is 3.20. The van der Waals surface area contributed by atoms with Crippen LogP contribution < -0.4 is 0 Å². The number of ether oxygens (including phenoxy) is 1. The molecule has 13 heavy (non-hydrogen) atoms. The Morgan fingerprint density at radius 1 is 1.31 bits per heavy atom. The van der Waals surface area contributed by atoms with Crippen LogP contribution in [0.1, 0.15) is 46.5 Å². The number of hydrogen-bond donors (Lipinski definition) is 0. The lowest BCUT2D eigenvalue weighted by atomic mass is 10.1. The van der Waals surface area contributed by atoms with Crippen molar-refractivity contribution >= 4 is 5.97 Å². The van der Waals surface area contributed by atoms with Gasteiger partial charge in [0.25, 0.3) is 0 Å². The number of hydrogen-bond acceptors (Lipinski definition) is 2. The highest BCUT2D eigenvalue weighted by Crippen LogP contribution is 2.07. The lowest BCUT2D eigenvalue weighted by Crippen LogP contribution is -2.00. The second-order valence-corrected chi connectivity index (χ2v) is 3.20. The quantitative estimate of drug-likeness (QED) is 0.360. The molecule has 0 saturated carbocycles. The topological polar surface area (TPSA) is 26.3 Å². The number of allylic oxidation sites excluding steroid dienone is 1. The summed E-state index contributed by atoms with van der Waals surface area (Å²) in [4.78, 5) is 11.0. The van der Waals surface area contributed by atoms with Crippen molar-refractivity contribution in [2.75, 3.05) is 6.61 Å². The fourth-order valence-corrected chi connectivity index (χ4v) is 1.11. The van der Waals surface area contributed by atoms with E-state index in [4.69, 9.17) is 4.74 Å². The summed E-state index contributed by atoms with van der Waals surface area (Å²) in [7, 11) is 0. The first-order valence-electron chi connectivity index (χ1n) is 5.04. The predicted molar refractivity (Wildman–Crippen MR) is 54.5 cm³/mol. The number of unbranched alkanes of at least 4 members (excludes halogenated alkanes) is 2. The molecule has 0 aliphatic heterocycles. The van der Waals surface area contributed by atoms with E-state index in [9.17, 15) is 4.79 Å². The highest BCUT2D eigenvalue weighted by Gasteiger charge is 1.97. The molecule has 0 bridgehead atoms. The Kier molecular flexibility index (Phi) is 7.36. The van der Waals surface area contributed by atoms with Gasteiger partial charge >= 0.3 is 5.97 Å². The van der Waals surface area contributed by atoms with E-state index in [0.29, 0.717) is 6.61 Å². The molecule has 0 fully saturated rings. The van der Waals surface area contributed by atoms with Gasteiger partial charge in [-0.1, -0.05) is 25.3 Å². The zero-order valence-corrected chi connectivity index (χ0v) is 8.93. The third kappa shape index (κ3) is 7.57. The summed E-state index contributed by atoms with van der Waals surface area (Å²) in [5, 5.41) is 0. The fraction of sp³-hybridized carbons (Fsp3) is 0.727. The van der Waals surface area contributed by atoms with E-state index >= 15 is 0 Å². The molecule has 0 aromatic rings. The van der Waals surface area contributed by atoms with E-state index in [2.05, 4.69) is 6.92 Å². The first-order valence-corrected chi connectivity index (χ1v) is 5.04.